The lowest BCUT2D eigenvalue weighted by Gasteiger charge is -2.22. The van der Waals surface area contributed by atoms with Crippen LogP contribution in [0.5, 0.6) is 0 Å². The molecule has 6 nitrogen and oxygen atoms in total. The Bertz CT molecular complexity index is 486. The highest BCUT2D eigenvalue weighted by atomic mass is 79.9. The van der Waals surface area contributed by atoms with E-state index < -0.39 is 0 Å². The molecule has 1 aromatic heterocycles. The molecule has 2 heterocycles. The summed E-state index contributed by atoms with van der Waals surface area (Å²) in [6.07, 6.45) is 5.22. The second-order valence-electron chi connectivity index (χ2n) is 5.05. The van der Waals surface area contributed by atoms with Gasteiger partial charge in [0.15, 0.2) is 0 Å². The summed E-state index contributed by atoms with van der Waals surface area (Å²) >= 11 is 3.30. The van der Waals surface area contributed by atoms with Crippen molar-refractivity contribution in [3.63, 3.8) is 0 Å². The maximum absolute atomic E-state index is 11.9. The molecular weight excluding hydrogens is 324 g/mol. The van der Waals surface area contributed by atoms with Crippen molar-refractivity contribution < 1.29 is 5.11 Å². The summed E-state index contributed by atoms with van der Waals surface area (Å²) in [5.74, 6) is 0.706. The Morgan fingerprint density at radius 2 is 2.45 bits per heavy atom. The van der Waals surface area contributed by atoms with Gasteiger partial charge >= 0.3 is 0 Å². The van der Waals surface area contributed by atoms with Crippen LogP contribution in [0.15, 0.2) is 15.5 Å². The summed E-state index contributed by atoms with van der Waals surface area (Å²) in [7, 11) is 0. The number of halogens is 1. The van der Waals surface area contributed by atoms with Crippen LogP contribution in [0.1, 0.15) is 19.3 Å². The number of nitrogens with one attached hydrogen (secondary N) is 2. The van der Waals surface area contributed by atoms with Crippen molar-refractivity contribution in [2.24, 2.45) is 5.92 Å². The van der Waals surface area contributed by atoms with Crippen LogP contribution in [0.25, 0.3) is 0 Å². The van der Waals surface area contributed by atoms with E-state index in [2.05, 4.69) is 31.7 Å². The smallest absolute Gasteiger partial charge is 0.283 e. The molecule has 7 heteroatoms. The van der Waals surface area contributed by atoms with E-state index in [4.69, 9.17) is 5.11 Å². The largest absolute Gasteiger partial charge is 0.394 e. The van der Waals surface area contributed by atoms with Crippen LogP contribution in [0.2, 0.25) is 0 Å². The molecular formula is C13H21BrN4O2. The van der Waals surface area contributed by atoms with Crippen molar-refractivity contribution in [1.82, 2.24) is 15.1 Å². The van der Waals surface area contributed by atoms with E-state index in [1.54, 1.807) is 6.20 Å². The van der Waals surface area contributed by atoms with Crippen molar-refractivity contribution in [3.8, 4) is 0 Å². The molecule has 1 aliphatic heterocycles. The predicted molar refractivity (Wildman–Crippen MR) is 82.0 cm³/mol. The zero-order valence-electron chi connectivity index (χ0n) is 11.4. The molecule has 1 atom stereocenters. The first-order valence-electron chi connectivity index (χ1n) is 7.03. The molecule has 0 bridgehead atoms. The molecule has 1 aromatic rings. The van der Waals surface area contributed by atoms with Crippen LogP contribution < -0.4 is 16.2 Å². The lowest BCUT2D eigenvalue weighted by molar-refractivity contribution is 0.266. The van der Waals surface area contributed by atoms with Crippen LogP contribution in [0.3, 0.4) is 0 Å². The van der Waals surface area contributed by atoms with Gasteiger partial charge in [-0.2, -0.15) is 5.10 Å². The Balaban J connectivity index is 1.89. The molecule has 0 amide bonds. The minimum atomic E-state index is -0.219. The van der Waals surface area contributed by atoms with Crippen molar-refractivity contribution in [3.05, 3.63) is 21.0 Å². The highest BCUT2D eigenvalue weighted by Crippen LogP contribution is 2.18. The number of aromatic nitrogens is 2. The van der Waals surface area contributed by atoms with Crippen LogP contribution >= 0.6 is 15.9 Å². The Morgan fingerprint density at radius 1 is 1.60 bits per heavy atom. The minimum absolute atomic E-state index is 0.0964. The minimum Gasteiger partial charge on any atom is -0.394 e. The Kier molecular flexibility index (Phi) is 6.00. The van der Waals surface area contributed by atoms with Gasteiger partial charge in [-0.1, -0.05) is 0 Å². The van der Waals surface area contributed by atoms with Gasteiger partial charge in [-0.05, 0) is 54.2 Å². The second-order valence-corrected chi connectivity index (χ2v) is 5.84. The maximum Gasteiger partial charge on any atom is 0.283 e. The lowest BCUT2D eigenvalue weighted by Crippen LogP contribution is -2.31. The van der Waals surface area contributed by atoms with Crippen LogP contribution in [0.4, 0.5) is 5.69 Å². The SMILES string of the molecule is O=c1c(Br)c(NCCC2CCCNC2)cnn1CCO. The standard InChI is InChI=1S/C13H21BrN4O2/c14-12-11(9-17-18(6-7-19)13(12)20)16-5-3-10-2-1-4-15-8-10/h9-10,15-16,19H,1-8H2. The topological polar surface area (TPSA) is 79.2 Å². The zero-order valence-corrected chi connectivity index (χ0v) is 13.0. The molecule has 0 aromatic carbocycles. The van der Waals surface area contributed by atoms with E-state index in [9.17, 15) is 4.79 Å². The fourth-order valence-electron chi connectivity index (χ4n) is 2.42. The number of aliphatic hydroxyl groups excluding tert-OH is 1. The molecule has 1 aliphatic rings. The van der Waals surface area contributed by atoms with Crippen LogP contribution in [-0.4, -0.2) is 41.1 Å². The molecule has 1 fully saturated rings. The summed E-state index contributed by atoms with van der Waals surface area (Å²) in [5.41, 5.74) is 0.497. The van der Waals surface area contributed by atoms with Gasteiger partial charge in [0.2, 0.25) is 0 Å². The van der Waals surface area contributed by atoms with E-state index in [-0.39, 0.29) is 18.7 Å². The highest BCUT2D eigenvalue weighted by Gasteiger charge is 2.13. The fourth-order valence-corrected chi connectivity index (χ4v) is 2.87. The lowest BCUT2D eigenvalue weighted by atomic mass is 9.96. The molecule has 2 rings (SSSR count). The summed E-state index contributed by atoms with van der Waals surface area (Å²) in [4.78, 5) is 11.9. The second kappa shape index (κ2) is 7.75. The first-order valence-corrected chi connectivity index (χ1v) is 7.82. The molecule has 0 spiro atoms. The van der Waals surface area contributed by atoms with E-state index in [0.29, 0.717) is 16.1 Å². The average Bonchev–Trinajstić information content (AvgIpc) is 2.48. The van der Waals surface area contributed by atoms with Gasteiger partial charge in [-0.3, -0.25) is 4.79 Å². The molecule has 112 valence electrons. The molecule has 0 aliphatic carbocycles. The van der Waals surface area contributed by atoms with Gasteiger partial charge in [0, 0.05) is 6.54 Å². The van der Waals surface area contributed by atoms with Crippen molar-refractivity contribution >= 4 is 21.6 Å². The van der Waals surface area contributed by atoms with Crippen molar-refractivity contribution in [2.75, 3.05) is 31.6 Å². The number of aliphatic hydroxyl groups is 1. The van der Waals surface area contributed by atoms with E-state index >= 15 is 0 Å². The highest BCUT2D eigenvalue weighted by molar-refractivity contribution is 9.10. The number of anilines is 1. The Labute approximate surface area is 126 Å². The third-order valence-corrected chi connectivity index (χ3v) is 4.33. The van der Waals surface area contributed by atoms with Gasteiger partial charge in [0.05, 0.1) is 25.0 Å². The van der Waals surface area contributed by atoms with Crippen LogP contribution in [-0.2, 0) is 6.54 Å². The summed E-state index contributed by atoms with van der Waals surface area (Å²) in [6, 6.07) is 0. The maximum atomic E-state index is 11.9. The van der Waals surface area contributed by atoms with E-state index in [1.807, 2.05) is 0 Å². The van der Waals surface area contributed by atoms with Gasteiger partial charge in [-0.15, -0.1) is 0 Å². The Hall–Kier alpha value is -0.920. The normalized spacial score (nSPS) is 19.0. The van der Waals surface area contributed by atoms with Gasteiger partial charge in [-0.25, -0.2) is 4.68 Å². The first-order chi connectivity index (χ1) is 9.72. The number of piperidine rings is 1. The fraction of sp³-hybridized carbons (Fsp3) is 0.692. The van der Waals surface area contributed by atoms with Gasteiger partial charge in [0.1, 0.15) is 4.47 Å². The third-order valence-electron chi connectivity index (χ3n) is 3.56. The van der Waals surface area contributed by atoms with E-state index in [0.717, 1.165) is 26.1 Å². The zero-order chi connectivity index (χ0) is 14.4. The van der Waals surface area contributed by atoms with Gasteiger partial charge in [0.25, 0.3) is 5.56 Å². The molecule has 0 saturated carbocycles. The number of nitrogens with zero attached hydrogens (tertiary/aromatic N) is 2. The monoisotopic (exact) mass is 344 g/mol. The number of rotatable bonds is 6. The van der Waals surface area contributed by atoms with E-state index in [1.165, 1.54) is 17.5 Å². The Morgan fingerprint density at radius 3 is 3.15 bits per heavy atom. The molecule has 0 radical (unpaired) electrons. The predicted octanol–water partition coefficient (Wildman–Crippen LogP) is 0.800. The first kappa shape index (κ1) is 15.5. The number of hydrogen-bond acceptors (Lipinski definition) is 5. The number of hydrogen-bond donors (Lipinski definition) is 3. The molecule has 3 N–H and O–H groups in total. The van der Waals surface area contributed by atoms with Crippen molar-refractivity contribution in [1.29, 1.82) is 0 Å². The van der Waals surface area contributed by atoms with Crippen molar-refractivity contribution in [2.45, 2.75) is 25.8 Å². The molecule has 20 heavy (non-hydrogen) atoms. The molecule has 1 saturated heterocycles. The van der Waals surface area contributed by atoms with Gasteiger partial charge < -0.3 is 15.7 Å². The molecule has 1 unspecified atom stereocenters. The third kappa shape index (κ3) is 4.04. The summed E-state index contributed by atoms with van der Waals surface area (Å²) in [6.45, 7) is 3.16. The van der Waals surface area contributed by atoms with Crippen LogP contribution in [0, 0.1) is 5.92 Å². The summed E-state index contributed by atoms with van der Waals surface area (Å²) < 4.78 is 1.73. The quantitative estimate of drug-likeness (QED) is 0.711. The average molecular weight is 345 g/mol. The summed E-state index contributed by atoms with van der Waals surface area (Å²) in [5, 5.41) is 19.5.